The molecule has 2 rings (SSSR count). The molecule has 0 bridgehead atoms. The van der Waals surface area contributed by atoms with Gasteiger partial charge in [0.1, 0.15) is 5.76 Å². The highest BCUT2D eigenvalue weighted by Gasteiger charge is 2.25. The van der Waals surface area contributed by atoms with E-state index in [0.717, 1.165) is 30.6 Å². The van der Waals surface area contributed by atoms with Crippen molar-refractivity contribution in [3.63, 3.8) is 0 Å². The molecule has 84 valence electrons. The molecule has 1 fully saturated rings. The number of rotatable bonds is 4. The van der Waals surface area contributed by atoms with Gasteiger partial charge in [0.05, 0.1) is 6.26 Å². The van der Waals surface area contributed by atoms with Crippen LogP contribution in [0.1, 0.15) is 37.9 Å². The highest BCUT2D eigenvalue weighted by Crippen LogP contribution is 2.34. The average molecular weight is 207 g/mol. The van der Waals surface area contributed by atoms with Crippen molar-refractivity contribution in [2.24, 2.45) is 17.6 Å². The van der Waals surface area contributed by atoms with E-state index in [1.807, 2.05) is 6.07 Å². The molecule has 2 nitrogen and oxygen atoms in total. The second-order valence-corrected chi connectivity index (χ2v) is 4.67. The fraction of sp³-hybridized carbons (Fsp3) is 0.692. The molecule has 0 saturated heterocycles. The molecular formula is C13H21NO. The van der Waals surface area contributed by atoms with Crippen LogP contribution in [0.4, 0.5) is 0 Å². The van der Waals surface area contributed by atoms with E-state index in [2.05, 4.69) is 6.07 Å². The van der Waals surface area contributed by atoms with Crippen molar-refractivity contribution in [3.8, 4) is 0 Å². The van der Waals surface area contributed by atoms with Crippen LogP contribution in [-0.2, 0) is 6.42 Å². The van der Waals surface area contributed by atoms with Crippen LogP contribution in [-0.4, -0.2) is 6.54 Å². The zero-order valence-electron chi connectivity index (χ0n) is 9.32. The Bertz CT molecular complexity index is 266. The maximum absolute atomic E-state index is 5.67. The molecule has 0 radical (unpaired) electrons. The third-order valence-electron chi connectivity index (χ3n) is 3.65. The molecule has 0 amide bonds. The molecule has 2 N–H and O–H groups in total. The normalized spacial score (nSPS) is 26.7. The Morgan fingerprint density at radius 1 is 1.27 bits per heavy atom. The number of hydrogen-bond acceptors (Lipinski definition) is 2. The van der Waals surface area contributed by atoms with Crippen molar-refractivity contribution in [2.75, 3.05) is 6.54 Å². The van der Waals surface area contributed by atoms with Gasteiger partial charge < -0.3 is 10.2 Å². The van der Waals surface area contributed by atoms with Crippen molar-refractivity contribution in [1.82, 2.24) is 0 Å². The van der Waals surface area contributed by atoms with Crippen LogP contribution in [0.2, 0.25) is 0 Å². The quantitative estimate of drug-likeness (QED) is 0.824. The fourth-order valence-electron chi connectivity index (χ4n) is 2.83. The topological polar surface area (TPSA) is 39.2 Å². The summed E-state index contributed by atoms with van der Waals surface area (Å²) in [5.41, 5.74) is 5.67. The molecule has 15 heavy (non-hydrogen) atoms. The predicted molar refractivity (Wildman–Crippen MR) is 61.5 cm³/mol. The maximum Gasteiger partial charge on any atom is 0.104 e. The largest absolute Gasteiger partial charge is 0.469 e. The summed E-state index contributed by atoms with van der Waals surface area (Å²) in [6, 6.07) is 4.07. The molecule has 0 aromatic carbocycles. The van der Waals surface area contributed by atoms with Gasteiger partial charge in [-0.2, -0.15) is 0 Å². The van der Waals surface area contributed by atoms with Crippen LogP contribution in [0.25, 0.3) is 0 Å². The third kappa shape index (κ3) is 2.85. The molecule has 2 heteroatoms. The summed E-state index contributed by atoms with van der Waals surface area (Å²) in [6.45, 7) is 0.833. The molecule has 0 spiro atoms. The zero-order valence-corrected chi connectivity index (χ0v) is 9.32. The van der Waals surface area contributed by atoms with Crippen molar-refractivity contribution < 1.29 is 4.42 Å². The zero-order chi connectivity index (χ0) is 10.5. The minimum atomic E-state index is 0.799. The van der Waals surface area contributed by atoms with E-state index in [-0.39, 0.29) is 0 Å². The van der Waals surface area contributed by atoms with E-state index >= 15 is 0 Å². The van der Waals surface area contributed by atoms with Gasteiger partial charge in [-0.05, 0) is 43.4 Å². The minimum Gasteiger partial charge on any atom is -0.469 e. The lowest BCUT2D eigenvalue weighted by Crippen LogP contribution is -2.23. The van der Waals surface area contributed by atoms with Gasteiger partial charge in [0.2, 0.25) is 0 Å². The van der Waals surface area contributed by atoms with E-state index in [0.29, 0.717) is 0 Å². The molecule has 1 aliphatic carbocycles. The maximum atomic E-state index is 5.67. The van der Waals surface area contributed by atoms with Crippen molar-refractivity contribution >= 4 is 0 Å². The van der Waals surface area contributed by atoms with Gasteiger partial charge >= 0.3 is 0 Å². The summed E-state index contributed by atoms with van der Waals surface area (Å²) in [5, 5.41) is 0. The first kappa shape index (κ1) is 10.7. The summed E-state index contributed by atoms with van der Waals surface area (Å²) < 4.78 is 5.43. The lowest BCUT2D eigenvalue weighted by molar-refractivity contribution is 0.216. The molecule has 1 heterocycles. The molecule has 0 aliphatic heterocycles. The van der Waals surface area contributed by atoms with Gasteiger partial charge in [-0.25, -0.2) is 0 Å². The van der Waals surface area contributed by atoms with Gasteiger partial charge in [-0.15, -0.1) is 0 Å². The van der Waals surface area contributed by atoms with Crippen LogP contribution in [0, 0.1) is 11.8 Å². The van der Waals surface area contributed by atoms with Gasteiger partial charge in [0.25, 0.3) is 0 Å². The highest BCUT2D eigenvalue weighted by atomic mass is 16.3. The average Bonchev–Trinajstić information content (AvgIpc) is 2.74. The van der Waals surface area contributed by atoms with Crippen LogP contribution in [0.3, 0.4) is 0 Å². The number of hydrogen-bond donors (Lipinski definition) is 1. The Labute approximate surface area is 91.8 Å². The number of nitrogens with two attached hydrogens (primary N) is 1. The molecule has 2 atom stereocenters. The Kier molecular flexibility index (Phi) is 3.84. The van der Waals surface area contributed by atoms with E-state index in [4.69, 9.17) is 10.2 Å². The third-order valence-corrected chi connectivity index (χ3v) is 3.65. The summed E-state index contributed by atoms with van der Waals surface area (Å²) >= 11 is 0. The molecule has 2 unspecified atom stereocenters. The monoisotopic (exact) mass is 207 g/mol. The van der Waals surface area contributed by atoms with Crippen LogP contribution in [0.5, 0.6) is 0 Å². The second-order valence-electron chi connectivity index (χ2n) is 4.67. The number of furan rings is 1. The van der Waals surface area contributed by atoms with E-state index in [1.165, 1.54) is 32.1 Å². The Balaban J connectivity index is 1.92. The summed E-state index contributed by atoms with van der Waals surface area (Å²) in [5.74, 6) is 2.77. The smallest absolute Gasteiger partial charge is 0.104 e. The first-order chi connectivity index (χ1) is 7.40. The minimum absolute atomic E-state index is 0.799. The predicted octanol–water partition coefficient (Wildman–Crippen LogP) is 2.98. The molecular weight excluding hydrogens is 186 g/mol. The van der Waals surface area contributed by atoms with Gasteiger partial charge in [0, 0.05) is 6.42 Å². The molecule has 1 aromatic heterocycles. The lowest BCUT2D eigenvalue weighted by Gasteiger charge is -2.30. The van der Waals surface area contributed by atoms with Crippen molar-refractivity contribution in [2.45, 2.75) is 38.5 Å². The second kappa shape index (κ2) is 5.36. The standard InChI is InChI=1S/C13H21NO/c14-8-7-11-4-1-2-5-12(11)10-13-6-3-9-15-13/h3,6,9,11-12H,1-2,4-5,7-8,10,14H2. The fourth-order valence-corrected chi connectivity index (χ4v) is 2.83. The van der Waals surface area contributed by atoms with Crippen LogP contribution < -0.4 is 5.73 Å². The van der Waals surface area contributed by atoms with Crippen molar-refractivity contribution in [3.05, 3.63) is 24.2 Å². The van der Waals surface area contributed by atoms with Crippen LogP contribution in [0.15, 0.2) is 22.8 Å². The molecule has 1 saturated carbocycles. The summed E-state index contributed by atoms with van der Waals surface area (Å²) in [7, 11) is 0. The SMILES string of the molecule is NCCC1CCCCC1Cc1ccco1. The van der Waals surface area contributed by atoms with Gasteiger partial charge in [0.15, 0.2) is 0 Å². The molecule has 1 aromatic rings. The summed E-state index contributed by atoms with van der Waals surface area (Å²) in [4.78, 5) is 0. The Morgan fingerprint density at radius 2 is 2.07 bits per heavy atom. The summed E-state index contributed by atoms with van der Waals surface area (Å²) in [6.07, 6.45) is 9.55. The highest BCUT2D eigenvalue weighted by molar-refractivity contribution is 5.00. The lowest BCUT2D eigenvalue weighted by atomic mass is 9.75. The van der Waals surface area contributed by atoms with Crippen LogP contribution >= 0.6 is 0 Å². The van der Waals surface area contributed by atoms with Gasteiger partial charge in [-0.1, -0.05) is 19.3 Å². The van der Waals surface area contributed by atoms with E-state index < -0.39 is 0 Å². The van der Waals surface area contributed by atoms with E-state index in [1.54, 1.807) is 6.26 Å². The Morgan fingerprint density at radius 3 is 2.73 bits per heavy atom. The first-order valence-electron chi connectivity index (χ1n) is 6.12. The van der Waals surface area contributed by atoms with E-state index in [9.17, 15) is 0 Å². The first-order valence-corrected chi connectivity index (χ1v) is 6.12. The van der Waals surface area contributed by atoms with Gasteiger partial charge in [-0.3, -0.25) is 0 Å². The Hall–Kier alpha value is -0.760. The van der Waals surface area contributed by atoms with Crippen molar-refractivity contribution in [1.29, 1.82) is 0 Å². The molecule has 1 aliphatic rings.